The molecule has 1 fully saturated rings. The van der Waals surface area contributed by atoms with E-state index in [0.717, 1.165) is 48.8 Å². The molecule has 0 atom stereocenters. The summed E-state index contributed by atoms with van der Waals surface area (Å²) >= 11 is 1.60. The van der Waals surface area contributed by atoms with Crippen molar-refractivity contribution in [2.45, 2.75) is 6.42 Å². The average molecular weight is 265 g/mol. The maximum Gasteiger partial charge on any atom is 0.240 e. The van der Waals surface area contributed by atoms with E-state index in [-0.39, 0.29) is 0 Å². The fraction of sp³-hybridized carbons (Fsp3) is 0.455. The van der Waals surface area contributed by atoms with E-state index < -0.39 is 0 Å². The molecule has 96 valence electrons. The topological polar surface area (TPSA) is 76.3 Å². The van der Waals surface area contributed by atoms with E-state index in [1.54, 1.807) is 11.3 Å². The Balaban J connectivity index is 2.04. The van der Waals surface area contributed by atoms with Gasteiger partial charge in [-0.1, -0.05) is 0 Å². The summed E-state index contributed by atoms with van der Waals surface area (Å²) in [4.78, 5) is 12.0. The largest absolute Gasteiger partial charge is 0.380 e. The highest BCUT2D eigenvalue weighted by molar-refractivity contribution is 7.16. The first-order valence-corrected chi connectivity index (χ1v) is 6.81. The lowest BCUT2D eigenvalue weighted by atomic mass is 10.3. The summed E-state index contributed by atoms with van der Waals surface area (Å²) in [6.07, 6.45) is 1.01. The van der Waals surface area contributed by atoms with Gasteiger partial charge < -0.3 is 9.64 Å². The van der Waals surface area contributed by atoms with Gasteiger partial charge in [0.1, 0.15) is 10.6 Å². The maximum absolute atomic E-state index is 5.47. The molecule has 0 spiro atoms. The van der Waals surface area contributed by atoms with Crippen molar-refractivity contribution in [1.29, 1.82) is 0 Å². The van der Waals surface area contributed by atoms with E-state index in [1.165, 1.54) is 0 Å². The Morgan fingerprint density at radius 2 is 2.28 bits per heavy atom. The van der Waals surface area contributed by atoms with E-state index in [4.69, 9.17) is 10.6 Å². The number of nitrogens with one attached hydrogen (secondary N) is 1. The number of thiophene rings is 1. The normalized spacial score (nSPS) is 16.8. The number of aromatic nitrogens is 2. The second kappa shape index (κ2) is 5.05. The molecule has 0 bridgehead atoms. The van der Waals surface area contributed by atoms with E-state index in [9.17, 15) is 0 Å². The second-order valence-electron chi connectivity index (χ2n) is 4.11. The summed E-state index contributed by atoms with van der Waals surface area (Å²) in [5.41, 5.74) is 2.53. The quantitative estimate of drug-likeness (QED) is 0.628. The van der Waals surface area contributed by atoms with Gasteiger partial charge in [-0.2, -0.15) is 4.98 Å². The molecule has 0 radical (unpaired) electrons. The number of nitrogen functional groups attached to an aromatic ring is 1. The van der Waals surface area contributed by atoms with Gasteiger partial charge in [0.25, 0.3) is 0 Å². The van der Waals surface area contributed by atoms with Crippen molar-refractivity contribution in [3.05, 3.63) is 11.4 Å². The number of rotatable bonds is 2. The molecule has 2 aromatic rings. The van der Waals surface area contributed by atoms with Gasteiger partial charge >= 0.3 is 0 Å². The van der Waals surface area contributed by atoms with Crippen LogP contribution in [0.3, 0.4) is 0 Å². The molecule has 2 aromatic heterocycles. The molecular weight excluding hydrogens is 250 g/mol. The van der Waals surface area contributed by atoms with Crippen LogP contribution < -0.4 is 16.2 Å². The highest BCUT2D eigenvalue weighted by Crippen LogP contribution is 2.29. The van der Waals surface area contributed by atoms with Gasteiger partial charge in [0.2, 0.25) is 5.95 Å². The highest BCUT2D eigenvalue weighted by atomic mass is 32.1. The SMILES string of the molecule is NNc1nc(N2CCCOCC2)c2ccsc2n1. The first-order valence-electron chi connectivity index (χ1n) is 5.93. The minimum atomic E-state index is 0.463. The van der Waals surface area contributed by atoms with Crippen LogP contribution in [0.25, 0.3) is 10.2 Å². The molecule has 3 rings (SSSR count). The molecule has 1 saturated heterocycles. The summed E-state index contributed by atoms with van der Waals surface area (Å²) in [6.45, 7) is 3.36. The average Bonchev–Trinajstić information content (AvgIpc) is 2.70. The molecule has 0 unspecified atom stereocenters. The summed E-state index contributed by atoms with van der Waals surface area (Å²) in [6, 6.07) is 2.06. The van der Waals surface area contributed by atoms with Crippen LogP contribution in [0.5, 0.6) is 0 Å². The van der Waals surface area contributed by atoms with Gasteiger partial charge in [0.05, 0.1) is 12.0 Å². The monoisotopic (exact) mass is 265 g/mol. The highest BCUT2D eigenvalue weighted by Gasteiger charge is 2.16. The number of nitrogens with two attached hydrogens (primary N) is 1. The Hall–Kier alpha value is -1.44. The Kier molecular flexibility index (Phi) is 3.26. The first kappa shape index (κ1) is 11.6. The molecule has 1 aliphatic rings. The summed E-state index contributed by atoms with van der Waals surface area (Å²) in [5, 5.41) is 3.11. The van der Waals surface area contributed by atoms with Gasteiger partial charge in [-0.15, -0.1) is 11.3 Å². The summed E-state index contributed by atoms with van der Waals surface area (Å²) in [7, 11) is 0. The molecule has 0 aromatic carbocycles. The molecule has 3 heterocycles. The number of hydrogen-bond donors (Lipinski definition) is 2. The maximum atomic E-state index is 5.47. The number of ether oxygens (including phenoxy) is 1. The van der Waals surface area contributed by atoms with Gasteiger partial charge in [0, 0.05) is 19.7 Å². The van der Waals surface area contributed by atoms with E-state index >= 15 is 0 Å². The Labute approximate surface area is 109 Å². The Morgan fingerprint density at radius 3 is 3.17 bits per heavy atom. The number of nitrogens with zero attached hydrogens (tertiary/aromatic N) is 3. The van der Waals surface area contributed by atoms with Crippen LogP contribution in [0.15, 0.2) is 11.4 Å². The fourth-order valence-corrected chi connectivity index (χ4v) is 2.86. The number of hydrogen-bond acceptors (Lipinski definition) is 7. The van der Waals surface area contributed by atoms with E-state index in [0.29, 0.717) is 5.95 Å². The van der Waals surface area contributed by atoms with E-state index in [1.807, 2.05) is 5.38 Å². The molecule has 0 amide bonds. The Bertz CT molecular complexity index is 535. The first-order chi connectivity index (χ1) is 8.88. The lowest BCUT2D eigenvalue weighted by Gasteiger charge is -2.21. The molecule has 18 heavy (non-hydrogen) atoms. The minimum absolute atomic E-state index is 0.463. The molecule has 3 N–H and O–H groups in total. The standard InChI is InChI=1S/C11H15N5OS/c12-15-11-13-9(8-2-7-18-10(8)14-11)16-3-1-5-17-6-4-16/h2,7H,1,3-6,12H2,(H,13,14,15). The second-order valence-corrected chi connectivity index (χ2v) is 5.00. The third kappa shape index (κ3) is 2.12. The van der Waals surface area contributed by atoms with Gasteiger partial charge in [0.15, 0.2) is 0 Å². The number of fused-ring (bicyclic) bond motifs is 1. The number of anilines is 2. The van der Waals surface area contributed by atoms with Crippen LogP contribution in [0.1, 0.15) is 6.42 Å². The molecular formula is C11H15N5OS. The van der Waals surface area contributed by atoms with Crippen LogP contribution in [-0.4, -0.2) is 36.3 Å². The molecule has 1 aliphatic heterocycles. The van der Waals surface area contributed by atoms with Crippen molar-refractivity contribution in [1.82, 2.24) is 9.97 Å². The molecule has 7 heteroatoms. The van der Waals surface area contributed by atoms with Gasteiger partial charge in [-0.3, -0.25) is 5.43 Å². The van der Waals surface area contributed by atoms with Crippen LogP contribution >= 0.6 is 11.3 Å². The third-order valence-electron chi connectivity index (χ3n) is 2.96. The van der Waals surface area contributed by atoms with Crippen LogP contribution in [-0.2, 0) is 4.74 Å². The van der Waals surface area contributed by atoms with Crippen molar-refractivity contribution in [3.63, 3.8) is 0 Å². The van der Waals surface area contributed by atoms with Crippen LogP contribution in [0.2, 0.25) is 0 Å². The van der Waals surface area contributed by atoms with Crippen LogP contribution in [0, 0.1) is 0 Å². The van der Waals surface area contributed by atoms with Gasteiger partial charge in [-0.25, -0.2) is 10.8 Å². The van der Waals surface area contributed by atoms with Crippen LogP contribution in [0.4, 0.5) is 11.8 Å². The van der Waals surface area contributed by atoms with Crippen molar-refractivity contribution in [2.75, 3.05) is 36.6 Å². The summed E-state index contributed by atoms with van der Waals surface area (Å²) in [5.74, 6) is 6.83. The van der Waals surface area contributed by atoms with Gasteiger partial charge in [-0.05, 0) is 17.9 Å². The predicted molar refractivity (Wildman–Crippen MR) is 72.9 cm³/mol. The molecule has 0 aliphatic carbocycles. The van der Waals surface area contributed by atoms with E-state index in [2.05, 4.69) is 26.4 Å². The minimum Gasteiger partial charge on any atom is -0.380 e. The van der Waals surface area contributed by atoms with Crippen molar-refractivity contribution in [2.24, 2.45) is 5.84 Å². The molecule has 0 saturated carbocycles. The molecule has 6 nitrogen and oxygen atoms in total. The fourth-order valence-electron chi connectivity index (χ4n) is 2.10. The Morgan fingerprint density at radius 1 is 1.33 bits per heavy atom. The van der Waals surface area contributed by atoms with Crippen molar-refractivity contribution < 1.29 is 4.74 Å². The van der Waals surface area contributed by atoms with Crippen molar-refractivity contribution >= 4 is 33.3 Å². The lowest BCUT2D eigenvalue weighted by Crippen LogP contribution is -2.27. The van der Waals surface area contributed by atoms with Crippen molar-refractivity contribution in [3.8, 4) is 0 Å². The predicted octanol–water partition coefficient (Wildman–Crippen LogP) is 1.20. The zero-order valence-corrected chi connectivity index (χ0v) is 10.7. The number of hydrazine groups is 1. The lowest BCUT2D eigenvalue weighted by molar-refractivity contribution is 0.152. The summed E-state index contributed by atoms with van der Waals surface area (Å²) < 4.78 is 5.47. The smallest absolute Gasteiger partial charge is 0.240 e. The zero-order chi connectivity index (χ0) is 12.4. The third-order valence-corrected chi connectivity index (χ3v) is 3.76. The zero-order valence-electron chi connectivity index (χ0n) is 9.93.